The van der Waals surface area contributed by atoms with E-state index in [2.05, 4.69) is 45.5 Å². The third-order valence-electron chi connectivity index (χ3n) is 2.94. The normalized spacial score (nSPS) is 15.5. The van der Waals surface area contributed by atoms with Crippen molar-refractivity contribution in [2.24, 2.45) is 5.92 Å². The van der Waals surface area contributed by atoms with Crippen molar-refractivity contribution < 1.29 is 0 Å². The van der Waals surface area contributed by atoms with Crippen LogP contribution < -0.4 is 5.32 Å². The molecule has 1 aliphatic rings. The average Bonchev–Trinajstić information content (AvgIpc) is 3.04. The molecule has 1 aromatic rings. The fraction of sp³-hybridized carbons (Fsp3) is 0.538. The number of benzene rings is 1. The summed E-state index contributed by atoms with van der Waals surface area (Å²) >= 11 is 3.56. The molecule has 0 heterocycles. The number of hydrogen-bond acceptors (Lipinski definition) is 1. The Morgan fingerprint density at radius 3 is 2.80 bits per heavy atom. The van der Waals surface area contributed by atoms with Gasteiger partial charge < -0.3 is 5.32 Å². The first-order valence-electron chi connectivity index (χ1n) is 5.80. The van der Waals surface area contributed by atoms with E-state index in [0.29, 0.717) is 0 Å². The van der Waals surface area contributed by atoms with Crippen LogP contribution in [0.5, 0.6) is 0 Å². The summed E-state index contributed by atoms with van der Waals surface area (Å²) in [4.78, 5) is 0. The van der Waals surface area contributed by atoms with Gasteiger partial charge in [0.25, 0.3) is 0 Å². The number of nitrogens with one attached hydrogen (secondary N) is 1. The highest BCUT2D eigenvalue weighted by atomic mass is 79.9. The summed E-state index contributed by atoms with van der Waals surface area (Å²) in [6, 6.07) is 8.41. The third-order valence-corrected chi connectivity index (χ3v) is 3.71. The summed E-state index contributed by atoms with van der Waals surface area (Å²) in [5.41, 5.74) is 1.35. The first kappa shape index (κ1) is 11.2. The van der Waals surface area contributed by atoms with Gasteiger partial charge in [0.05, 0.1) is 0 Å². The molecule has 15 heavy (non-hydrogen) atoms. The van der Waals surface area contributed by atoms with Crippen molar-refractivity contribution in [2.75, 3.05) is 6.54 Å². The van der Waals surface area contributed by atoms with Crippen molar-refractivity contribution in [1.29, 1.82) is 0 Å². The fourth-order valence-corrected chi connectivity index (χ4v) is 2.21. The Bertz CT molecular complexity index is 307. The summed E-state index contributed by atoms with van der Waals surface area (Å²) in [6.45, 7) is 2.13. The summed E-state index contributed by atoms with van der Waals surface area (Å²) in [5.74, 6) is 1.07. The van der Waals surface area contributed by atoms with E-state index < -0.39 is 0 Å². The quantitative estimate of drug-likeness (QED) is 0.775. The van der Waals surface area contributed by atoms with Crippen molar-refractivity contribution in [3.63, 3.8) is 0 Å². The van der Waals surface area contributed by atoms with Gasteiger partial charge in [0, 0.05) is 11.0 Å². The third kappa shape index (κ3) is 3.96. The number of rotatable bonds is 6. The maximum atomic E-state index is 3.56. The van der Waals surface area contributed by atoms with E-state index in [9.17, 15) is 0 Å². The van der Waals surface area contributed by atoms with E-state index in [0.717, 1.165) is 19.0 Å². The second-order valence-electron chi connectivity index (χ2n) is 4.35. The van der Waals surface area contributed by atoms with Crippen molar-refractivity contribution in [1.82, 2.24) is 5.32 Å². The molecule has 2 rings (SSSR count). The van der Waals surface area contributed by atoms with Crippen molar-refractivity contribution in [3.05, 3.63) is 34.3 Å². The van der Waals surface area contributed by atoms with Gasteiger partial charge in [0.1, 0.15) is 0 Å². The zero-order valence-corrected chi connectivity index (χ0v) is 10.6. The molecule has 1 N–H and O–H groups in total. The zero-order valence-electron chi connectivity index (χ0n) is 9.01. The van der Waals surface area contributed by atoms with Crippen LogP contribution in [0.1, 0.15) is 31.2 Å². The Hall–Kier alpha value is -0.340. The molecule has 1 nitrogen and oxygen atoms in total. The van der Waals surface area contributed by atoms with Crippen molar-refractivity contribution in [2.45, 2.75) is 32.2 Å². The molecular formula is C13H18BrN. The van der Waals surface area contributed by atoms with E-state index in [4.69, 9.17) is 0 Å². The Morgan fingerprint density at radius 1 is 1.27 bits per heavy atom. The van der Waals surface area contributed by atoms with E-state index in [1.807, 2.05) is 0 Å². The predicted octanol–water partition coefficient (Wildman–Crippen LogP) is 3.73. The first-order chi connectivity index (χ1) is 7.36. The number of hydrogen-bond donors (Lipinski definition) is 1. The molecule has 1 fully saturated rings. The first-order valence-corrected chi connectivity index (χ1v) is 6.59. The summed E-state index contributed by atoms with van der Waals surface area (Å²) in [7, 11) is 0. The number of halogens is 1. The Morgan fingerprint density at radius 2 is 2.07 bits per heavy atom. The molecule has 0 atom stereocenters. The predicted molar refractivity (Wildman–Crippen MR) is 67.8 cm³/mol. The van der Waals surface area contributed by atoms with Gasteiger partial charge in [-0.3, -0.25) is 0 Å². The smallest absolute Gasteiger partial charge is 0.0220 e. The van der Waals surface area contributed by atoms with Gasteiger partial charge in [-0.25, -0.2) is 0 Å². The minimum absolute atomic E-state index is 0.978. The Kier molecular flexibility index (Phi) is 4.21. The van der Waals surface area contributed by atoms with E-state index in [1.54, 1.807) is 0 Å². The highest BCUT2D eigenvalue weighted by Gasteiger charge is 2.19. The van der Waals surface area contributed by atoms with E-state index in [1.165, 1.54) is 35.7 Å². The molecule has 0 saturated heterocycles. The Labute approximate surface area is 100 Å². The lowest BCUT2D eigenvalue weighted by Crippen LogP contribution is -2.15. The fourth-order valence-electron chi connectivity index (χ4n) is 1.79. The van der Waals surface area contributed by atoms with Gasteiger partial charge >= 0.3 is 0 Å². The average molecular weight is 268 g/mol. The van der Waals surface area contributed by atoms with Gasteiger partial charge in [-0.05, 0) is 36.9 Å². The molecule has 1 saturated carbocycles. The van der Waals surface area contributed by atoms with Crippen molar-refractivity contribution in [3.8, 4) is 0 Å². The molecule has 0 aromatic heterocycles. The second kappa shape index (κ2) is 5.66. The lowest BCUT2D eigenvalue weighted by molar-refractivity contribution is 0.593. The molecule has 1 aliphatic carbocycles. The highest BCUT2D eigenvalue weighted by Crippen LogP contribution is 2.33. The monoisotopic (exact) mass is 267 g/mol. The molecule has 0 unspecified atom stereocenters. The van der Waals surface area contributed by atoms with Crippen LogP contribution in [0.25, 0.3) is 0 Å². The molecular weight excluding hydrogens is 250 g/mol. The molecule has 0 aliphatic heterocycles. The molecule has 0 bridgehead atoms. The molecule has 2 heteroatoms. The van der Waals surface area contributed by atoms with Gasteiger partial charge in [-0.2, -0.15) is 0 Å². The van der Waals surface area contributed by atoms with Crippen LogP contribution in [0, 0.1) is 5.92 Å². The molecule has 0 amide bonds. The Balaban J connectivity index is 1.62. The maximum absolute atomic E-state index is 3.56. The largest absolute Gasteiger partial charge is 0.313 e. The van der Waals surface area contributed by atoms with Gasteiger partial charge in [0.15, 0.2) is 0 Å². The lowest BCUT2D eigenvalue weighted by Gasteiger charge is -2.06. The molecule has 0 radical (unpaired) electrons. The van der Waals surface area contributed by atoms with Crippen LogP contribution in [0.2, 0.25) is 0 Å². The van der Waals surface area contributed by atoms with Gasteiger partial charge in [-0.1, -0.05) is 47.0 Å². The van der Waals surface area contributed by atoms with Crippen LogP contribution in [-0.2, 0) is 6.54 Å². The van der Waals surface area contributed by atoms with Crippen molar-refractivity contribution >= 4 is 15.9 Å². The van der Waals surface area contributed by atoms with Crippen LogP contribution >= 0.6 is 15.9 Å². The van der Waals surface area contributed by atoms with E-state index >= 15 is 0 Å². The standard InChI is InChI=1S/C13H18BrN/c14-13-6-2-1-5-12(13)10-15-9-3-4-11-7-8-11/h1-2,5-6,11,15H,3-4,7-10H2. The lowest BCUT2D eigenvalue weighted by atomic mass is 10.2. The zero-order chi connectivity index (χ0) is 10.5. The molecule has 1 aromatic carbocycles. The summed E-state index contributed by atoms with van der Waals surface area (Å²) in [5, 5.41) is 3.50. The SMILES string of the molecule is Brc1ccccc1CNCCCC1CC1. The summed E-state index contributed by atoms with van der Waals surface area (Å²) in [6.07, 6.45) is 5.70. The minimum atomic E-state index is 0.978. The topological polar surface area (TPSA) is 12.0 Å². The van der Waals surface area contributed by atoms with E-state index in [-0.39, 0.29) is 0 Å². The second-order valence-corrected chi connectivity index (χ2v) is 5.21. The molecule has 0 spiro atoms. The molecule has 82 valence electrons. The van der Waals surface area contributed by atoms with Gasteiger partial charge in [-0.15, -0.1) is 0 Å². The minimum Gasteiger partial charge on any atom is -0.313 e. The van der Waals surface area contributed by atoms with Crippen LogP contribution in [0.4, 0.5) is 0 Å². The van der Waals surface area contributed by atoms with Crippen LogP contribution in [0.3, 0.4) is 0 Å². The van der Waals surface area contributed by atoms with Crippen LogP contribution in [0.15, 0.2) is 28.7 Å². The summed E-state index contributed by atoms with van der Waals surface area (Å²) < 4.78 is 1.21. The van der Waals surface area contributed by atoms with Gasteiger partial charge in [0.2, 0.25) is 0 Å². The highest BCUT2D eigenvalue weighted by molar-refractivity contribution is 9.10. The van der Waals surface area contributed by atoms with Crippen LogP contribution in [-0.4, -0.2) is 6.54 Å². The maximum Gasteiger partial charge on any atom is 0.0220 e.